The predicted octanol–water partition coefficient (Wildman–Crippen LogP) is 9.22. The van der Waals surface area contributed by atoms with E-state index in [0.29, 0.717) is 12.3 Å². The van der Waals surface area contributed by atoms with E-state index < -0.39 is 31.7 Å². The van der Waals surface area contributed by atoms with Gasteiger partial charge in [0.25, 0.3) is 0 Å². The largest absolute Gasteiger partial charge is 0.474 e. The van der Waals surface area contributed by atoms with Crippen LogP contribution in [0.1, 0.15) is 156 Å². The van der Waals surface area contributed by atoms with Gasteiger partial charge in [-0.3, -0.25) is 4.74 Å². The van der Waals surface area contributed by atoms with Crippen LogP contribution in [-0.2, 0) is 18.8 Å². The summed E-state index contributed by atoms with van der Waals surface area (Å²) in [5, 5.41) is 19.1. The Balaban J connectivity index is 4.55. The van der Waals surface area contributed by atoms with Crippen LogP contribution in [0.3, 0.4) is 0 Å². The molecule has 37 heavy (non-hydrogen) atoms. The van der Waals surface area contributed by atoms with Crippen molar-refractivity contribution >= 4 is 27.1 Å². The fourth-order valence-corrected chi connectivity index (χ4v) is 5.42. The lowest BCUT2D eigenvalue weighted by molar-refractivity contribution is -0.256. The van der Waals surface area contributed by atoms with Gasteiger partial charge in [0.2, 0.25) is 0 Å². The first-order chi connectivity index (χ1) is 17.8. The third-order valence-electron chi connectivity index (χ3n) is 7.09. The molecular weight excluding hydrogens is 507 g/mol. The first-order valence-electron chi connectivity index (χ1n) is 15.2. The number of unbranched alkanes of at least 4 members (excludes halogenated alkanes) is 15. The van der Waals surface area contributed by atoms with Gasteiger partial charge in [0.15, 0.2) is 6.29 Å². The molecular formula is C29H58O6PS+. The Kier molecular flexibility index (Phi) is 24.7. The van der Waals surface area contributed by atoms with Crippen molar-refractivity contribution in [3.8, 4) is 0 Å². The van der Waals surface area contributed by atoms with E-state index >= 15 is 0 Å². The number of hydrogen-bond donors (Lipinski definition) is 3. The van der Waals surface area contributed by atoms with Gasteiger partial charge in [0.1, 0.15) is 5.44 Å². The highest BCUT2D eigenvalue weighted by molar-refractivity contribution is 7.80. The van der Waals surface area contributed by atoms with Gasteiger partial charge in [-0.25, -0.2) is 4.79 Å². The van der Waals surface area contributed by atoms with Gasteiger partial charge in [-0.2, -0.15) is 0 Å². The molecule has 0 aliphatic heterocycles. The van der Waals surface area contributed by atoms with E-state index in [1.807, 2.05) is 0 Å². The molecule has 0 radical (unpaired) electrons. The van der Waals surface area contributed by atoms with Crippen molar-refractivity contribution in [2.24, 2.45) is 5.92 Å². The minimum atomic E-state index is -2.75. The number of rotatable bonds is 28. The summed E-state index contributed by atoms with van der Waals surface area (Å²) in [6.45, 7) is 6.26. The van der Waals surface area contributed by atoms with Crippen molar-refractivity contribution in [2.75, 3.05) is 0 Å². The molecule has 0 aliphatic carbocycles. The van der Waals surface area contributed by atoms with Gasteiger partial charge < -0.3 is 14.9 Å². The molecule has 220 valence electrons. The zero-order valence-corrected chi connectivity index (χ0v) is 26.0. The minimum absolute atomic E-state index is 0.317. The van der Waals surface area contributed by atoms with Gasteiger partial charge in [-0.15, -0.1) is 12.6 Å². The average molecular weight is 566 g/mol. The summed E-state index contributed by atoms with van der Waals surface area (Å²) < 4.78 is 22.2. The van der Waals surface area contributed by atoms with Crippen LogP contribution in [0, 0.1) is 5.92 Å². The molecule has 0 aromatic heterocycles. The fraction of sp³-hybridized carbons (Fsp3) is 0.966. The third kappa shape index (κ3) is 20.4. The lowest BCUT2D eigenvalue weighted by Crippen LogP contribution is -2.40. The molecule has 0 bridgehead atoms. The summed E-state index contributed by atoms with van der Waals surface area (Å²) in [6.07, 6.45) is 24.6. The van der Waals surface area contributed by atoms with Crippen molar-refractivity contribution in [2.45, 2.75) is 173 Å². The minimum Gasteiger partial charge on any atom is -0.474 e. The number of hydrogen-bond acceptors (Lipinski definition) is 6. The highest BCUT2D eigenvalue weighted by atomic mass is 32.1. The van der Waals surface area contributed by atoms with Crippen LogP contribution < -0.4 is 0 Å². The fourth-order valence-electron chi connectivity index (χ4n) is 4.72. The van der Waals surface area contributed by atoms with Gasteiger partial charge >= 0.3 is 20.0 Å². The quantitative estimate of drug-likeness (QED) is 0.0379. The van der Waals surface area contributed by atoms with Crippen molar-refractivity contribution in [3.63, 3.8) is 0 Å². The van der Waals surface area contributed by atoms with E-state index in [1.165, 1.54) is 109 Å². The number of carboxylic acid groups (broad SMARTS) is 1. The maximum absolute atomic E-state index is 11.2. The maximum atomic E-state index is 11.2. The summed E-state index contributed by atoms with van der Waals surface area (Å²) in [5.74, 6) is -1.19. The second-order valence-corrected chi connectivity index (χ2v) is 12.0. The summed E-state index contributed by atoms with van der Waals surface area (Å²) in [4.78, 5) is 11.2. The van der Waals surface area contributed by atoms with Crippen LogP contribution in [-0.4, -0.2) is 33.4 Å². The Labute approximate surface area is 234 Å². The van der Waals surface area contributed by atoms with E-state index in [1.54, 1.807) is 6.92 Å². The molecule has 0 aromatic rings. The maximum Gasteiger partial charge on any atom is 0.472 e. The zero-order chi connectivity index (χ0) is 27.8. The number of aliphatic carboxylic acids is 1. The highest BCUT2D eigenvalue weighted by Crippen LogP contribution is 2.29. The van der Waals surface area contributed by atoms with E-state index in [4.69, 9.17) is 14.6 Å². The summed E-state index contributed by atoms with van der Waals surface area (Å²) in [6, 6.07) is 0. The number of ether oxygens (including phenoxy) is 2. The number of aliphatic hydroxyl groups is 1. The molecule has 0 fully saturated rings. The van der Waals surface area contributed by atoms with Crippen molar-refractivity contribution < 1.29 is 29.0 Å². The number of carbonyl (C=O) groups is 1. The molecule has 0 rings (SSSR count). The molecule has 0 amide bonds. The topological polar surface area (TPSA) is 93.1 Å². The molecule has 5 atom stereocenters. The highest BCUT2D eigenvalue weighted by Gasteiger charge is 2.50. The van der Waals surface area contributed by atoms with Crippen LogP contribution in [0.2, 0.25) is 0 Å². The van der Waals surface area contributed by atoms with E-state index in [9.17, 15) is 14.5 Å². The number of thiol groups is 1. The number of carboxylic acids is 1. The third-order valence-corrected chi connectivity index (χ3v) is 8.03. The molecule has 0 aliphatic rings. The molecule has 2 N–H and O–H groups in total. The Morgan fingerprint density at radius 1 is 0.784 bits per heavy atom. The average Bonchev–Trinajstić information content (AvgIpc) is 2.88. The summed E-state index contributed by atoms with van der Waals surface area (Å²) >= 11 is 4.61. The van der Waals surface area contributed by atoms with Gasteiger partial charge in [0, 0.05) is 0 Å². The Hall–Kier alpha value is -0.200. The van der Waals surface area contributed by atoms with Gasteiger partial charge in [-0.05, 0) is 18.8 Å². The van der Waals surface area contributed by atoms with Crippen LogP contribution in [0.25, 0.3) is 0 Å². The Bertz CT molecular complexity index is 552. The zero-order valence-electron chi connectivity index (χ0n) is 24.1. The molecule has 0 spiro atoms. The Morgan fingerprint density at radius 2 is 1.19 bits per heavy atom. The second kappa shape index (κ2) is 24.8. The molecule has 0 saturated carbocycles. The van der Waals surface area contributed by atoms with Crippen LogP contribution >= 0.6 is 21.1 Å². The van der Waals surface area contributed by atoms with Crippen molar-refractivity contribution in [1.29, 1.82) is 0 Å². The first-order valence-corrected chi connectivity index (χ1v) is 16.6. The first kappa shape index (κ1) is 36.8. The molecule has 0 aromatic carbocycles. The normalized spacial score (nSPS) is 15.9. The Morgan fingerprint density at radius 3 is 1.54 bits per heavy atom. The molecule has 0 heterocycles. The monoisotopic (exact) mass is 565 g/mol. The van der Waals surface area contributed by atoms with E-state index in [-0.39, 0.29) is 0 Å². The molecule has 8 heteroatoms. The molecule has 6 nitrogen and oxygen atoms in total. The van der Waals surface area contributed by atoms with Crippen LogP contribution in [0.4, 0.5) is 0 Å². The molecule has 0 saturated heterocycles. The van der Waals surface area contributed by atoms with E-state index in [2.05, 4.69) is 26.5 Å². The van der Waals surface area contributed by atoms with Crippen molar-refractivity contribution in [3.05, 3.63) is 0 Å². The van der Waals surface area contributed by atoms with Gasteiger partial charge in [-0.1, -0.05) is 147 Å². The van der Waals surface area contributed by atoms with E-state index in [0.717, 1.165) is 19.3 Å². The lowest BCUT2D eigenvalue weighted by atomic mass is 9.91. The lowest BCUT2D eigenvalue weighted by Gasteiger charge is -2.26. The van der Waals surface area contributed by atoms with Crippen LogP contribution in [0.5, 0.6) is 0 Å². The standard InChI is InChI=1S/C29H57O6PS/c1-4-7-9-11-13-14-15-17-19-21-23-25(22-20-18-16-12-10-8-5-2)24-27(37)34-26(6-3)35-29(32,36-33)28(30)31/h25-27,32,37H,4-24H2,1-3H3,(H,30,31)/p+1. The van der Waals surface area contributed by atoms with Gasteiger partial charge in [0.05, 0.1) is 0 Å². The SMILES string of the molecule is CCCCCCCCCCCCC(CCCCCCCCC)CC(S)OC(CC)OC(O)([PH+]=O)C(=O)O. The van der Waals surface area contributed by atoms with Crippen LogP contribution in [0.15, 0.2) is 0 Å². The summed E-state index contributed by atoms with van der Waals surface area (Å²) in [5.41, 5.74) is -3.18. The molecule has 5 unspecified atom stereocenters. The van der Waals surface area contributed by atoms with Crippen molar-refractivity contribution in [1.82, 2.24) is 0 Å². The smallest absolute Gasteiger partial charge is 0.472 e. The summed E-state index contributed by atoms with van der Waals surface area (Å²) in [7, 11) is -1.55. The predicted molar refractivity (Wildman–Crippen MR) is 158 cm³/mol. The second-order valence-electron chi connectivity index (χ2n) is 10.6.